The van der Waals surface area contributed by atoms with Gasteiger partial charge in [0.2, 0.25) is 0 Å². The molecule has 0 fully saturated rings. The Morgan fingerprint density at radius 2 is 1.92 bits per heavy atom. The minimum atomic E-state index is 1.26. The monoisotopic (exact) mass is 174 g/mol. The maximum atomic E-state index is 3.92. The van der Waals surface area contributed by atoms with Crippen LogP contribution in [0, 0.1) is 0 Å². The molecule has 0 saturated heterocycles. The summed E-state index contributed by atoms with van der Waals surface area (Å²) in [5.41, 5.74) is 4.80. The summed E-state index contributed by atoms with van der Waals surface area (Å²) in [7, 11) is 0. The SMILES string of the molecule is C=CC1=C(C2=CCCC2)CCCC1. The third-order valence-electron chi connectivity index (χ3n) is 3.19. The highest BCUT2D eigenvalue weighted by Crippen LogP contribution is 2.35. The lowest BCUT2D eigenvalue weighted by Crippen LogP contribution is -1.99. The summed E-state index contributed by atoms with van der Waals surface area (Å²) in [4.78, 5) is 0. The maximum Gasteiger partial charge on any atom is -0.0273 e. The van der Waals surface area contributed by atoms with Crippen molar-refractivity contribution in [3.8, 4) is 0 Å². The molecule has 0 saturated carbocycles. The van der Waals surface area contributed by atoms with E-state index in [1.54, 1.807) is 11.1 Å². The van der Waals surface area contributed by atoms with E-state index in [9.17, 15) is 0 Å². The second-order valence-corrected chi connectivity index (χ2v) is 4.04. The Balaban J connectivity index is 2.26. The van der Waals surface area contributed by atoms with Gasteiger partial charge in [-0.05, 0) is 61.7 Å². The first kappa shape index (κ1) is 8.80. The van der Waals surface area contributed by atoms with Crippen LogP contribution in [0.5, 0.6) is 0 Å². The topological polar surface area (TPSA) is 0 Å². The minimum absolute atomic E-state index is 1.26. The lowest BCUT2D eigenvalue weighted by Gasteiger charge is -2.19. The van der Waals surface area contributed by atoms with Crippen LogP contribution in [0.1, 0.15) is 44.9 Å². The molecule has 0 radical (unpaired) electrons. The van der Waals surface area contributed by atoms with Crippen LogP contribution in [-0.4, -0.2) is 0 Å². The van der Waals surface area contributed by atoms with Crippen molar-refractivity contribution in [3.63, 3.8) is 0 Å². The zero-order valence-corrected chi connectivity index (χ0v) is 8.31. The fraction of sp³-hybridized carbons (Fsp3) is 0.538. The number of allylic oxidation sites excluding steroid dienone is 5. The molecule has 13 heavy (non-hydrogen) atoms. The summed E-state index contributed by atoms with van der Waals surface area (Å²) in [5, 5.41) is 0. The molecule has 0 atom stereocenters. The molecule has 0 bridgehead atoms. The summed E-state index contributed by atoms with van der Waals surface area (Å²) < 4.78 is 0. The molecule has 70 valence electrons. The Hall–Kier alpha value is -0.780. The summed E-state index contributed by atoms with van der Waals surface area (Å²) in [6.45, 7) is 3.92. The zero-order chi connectivity index (χ0) is 9.10. The molecule has 0 unspecified atom stereocenters. The average molecular weight is 174 g/mol. The largest absolute Gasteiger partial charge is 0.0988 e. The molecule has 0 aliphatic heterocycles. The van der Waals surface area contributed by atoms with E-state index >= 15 is 0 Å². The molecule has 0 nitrogen and oxygen atoms in total. The first-order chi connectivity index (χ1) is 6.42. The van der Waals surface area contributed by atoms with Gasteiger partial charge in [0.25, 0.3) is 0 Å². The Morgan fingerprint density at radius 3 is 2.62 bits per heavy atom. The van der Waals surface area contributed by atoms with Crippen molar-refractivity contribution < 1.29 is 0 Å². The van der Waals surface area contributed by atoms with Gasteiger partial charge in [-0.15, -0.1) is 0 Å². The van der Waals surface area contributed by atoms with Crippen LogP contribution in [0.4, 0.5) is 0 Å². The van der Waals surface area contributed by atoms with Gasteiger partial charge in [-0.1, -0.05) is 18.7 Å². The zero-order valence-electron chi connectivity index (χ0n) is 8.31. The van der Waals surface area contributed by atoms with Gasteiger partial charge in [0, 0.05) is 0 Å². The van der Waals surface area contributed by atoms with E-state index < -0.39 is 0 Å². The van der Waals surface area contributed by atoms with Crippen molar-refractivity contribution in [2.24, 2.45) is 0 Å². The van der Waals surface area contributed by atoms with Crippen LogP contribution >= 0.6 is 0 Å². The van der Waals surface area contributed by atoms with E-state index in [2.05, 4.69) is 18.7 Å². The summed E-state index contributed by atoms with van der Waals surface area (Å²) in [6.07, 6.45) is 13.8. The van der Waals surface area contributed by atoms with Gasteiger partial charge in [0.05, 0.1) is 0 Å². The highest BCUT2D eigenvalue weighted by Gasteiger charge is 2.15. The number of hydrogen-bond donors (Lipinski definition) is 0. The second-order valence-electron chi connectivity index (χ2n) is 4.04. The molecule has 0 N–H and O–H groups in total. The molecule has 0 aromatic heterocycles. The van der Waals surface area contributed by atoms with Gasteiger partial charge < -0.3 is 0 Å². The Morgan fingerprint density at radius 1 is 1.08 bits per heavy atom. The molecule has 0 aromatic carbocycles. The molecule has 0 spiro atoms. The van der Waals surface area contributed by atoms with E-state index in [1.807, 2.05) is 0 Å². The smallest absolute Gasteiger partial charge is 0.0273 e. The highest BCUT2D eigenvalue weighted by atomic mass is 14.2. The quantitative estimate of drug-likeness (QED) is 0.590. The van der Waals surface area contributed by atoms with Gasteiger partial charge >= 0.3 is 0 Å². The van der Waals surface area contributed by atoms with Gasteiger partial charge in [-0.2, -0.15) is 0 Å². The summed E-state index contributed by atoms with van der Waals surface area (Å²) in [6, 6.07) is 0. The van der Waals surface area contributed by atoms with E-state index in [0.717, 1.165) is 0 Å². The van der Waals surface area contributed by atoms with Gasteiger partial charge in [-0.25, -0.2) is 0 Å². The summed E-state index contributed by atoms with van der Waals surface area (Å²) >= 11 is 0. The predicted octanol–water partition coefficient (Wildman–Crippen LogP) is 4.15. The van der Waals surface area contributed by atoms with Crippen LogP contribution in [-0.2, 0) is 0 Å². The number of rotatable bonds is 2. The van der Waals surface area contributed by atoms with Crippen molar-refractivity contribution in [1.82, 2.24) is 0 Å². The molecule has 0 aromatic rings. The maximum absolute atomic E-state index is 3.92. The first-order valence-electron chi connectivity index (χ1n) is 5.45. The lowest BCUT2D eigenvalue weighted by atomic mass is 9.87. The van der Waals surface area contributed by atoms with Gasteiger partial charge in [-0.3, -0.25) is 0 Å². The van der Waals surface area contributed by atoms with Crippen LogP contribution < -0.4 is 0 Å². The second kappa shape index (κ2) is 3.95. The van der Waals surface area contributed by atoms with Crippen molar-refractivity contribution >= 4 is 0 Å². The molecule has 0 heterocycles. The standard InChI is InChI=1S/C13H18/c1-2-11-7-5-6-10-13(11)12-8-3-4-9-12/h2,8H,1,3-7,9-10H2. The fourth-order valence-corrected chi connectivity index (χ4v) is 2.47. The molecule has 0 amide bonds. The van der Waals surface area contributed by atoms with E-state index in [-0.39, 0.29) is 0 Å². The molecular weight excluding hydrogens is 156 g/mol. The number of hydrogen-bond acceptors (Lipinski definition) is 0. The van der Waals surface area contributed by atoms with E-state index in [0.29, 0.717) is 0 Å². The normalized spacial score (nSPS) is 23.2. The van der Waals surface area contributed by atoms with Gasteiger partial charge in [0.1, 0.15) is 0 Å². The molecule has 2 aliphatic rings. The minimum Gasteiger partial charge on any atom is -0.0988 e. The van der Waals surface area contributed by atoms with E-state index in [1.165, 1.54) is 50.5 Å². The van der Waals surface area contributed by atoms with Crippen LogP contribution in [0.25, 0.3) is 0 Å². The Labute approximate surface area is 81.0 Å². The summed E-state index contributed by atoms with van der Waals surface area (Å²) in [5.74, 6) is 0. The Bertz CT molecular complexity index is 266. The Kier molecular flexibility index (Phi) is 2.68. The molecular formula is C13H18. The van der Waals surface area contributed by atoms with Gasteiger partial charge in [0.15, 0.2) is 0 Å². The van der Waals surface area contributed by atoms with Crippen molar-refractivity contribution in [3.05, 3.63) is 35.5 Å². The average Bonchev–Trinajstić information content (AvgIpc) is 2.70. The van der Waals surface area contributed by atoms with E-state index in [4.69, 9.17) is 0 Å². The molecule has 2 rings (SSSR count). The fourth-order valence-electron chi connectivity index (χ4n) is 2.47. The van der Waals surface area contributed by atoms with Crippen LogP contribution in [0.3, 0.4) is 0 Å². The molecule has 2 aliphatic carbocycles. The highest BCUT2D eigenvalue weighted by molar-refractivity contribution is 5.42. The van der Waals surface area contributed by atoms with Crippen LogP contribution in [0.2, 0.25) is 0 Å². The van der Waals surface area contributed by atoms with Crippen molar-refractivity contribution in [2.75, 3.05) is 0 Å². The van der Waals surface area contributed by atoms with Crippen LogP contribution in [0.15, 0.2) is 35.5 Å². The predicted molar refractivity (Wildman–Crippen MR) is 57.6 cm³/mol. The molecule has 0 heteroatoms. The third-order valence-corrected chi connectivity index (χ3v) is 3.19. The van der Waals surface area contributed by atoms with Crippen molar-refractivity contribution in [2.45, 2.75) is 44.9 Å². The third kappa shape index (κ3) is 1.77. The first-order valence-corrected chi connectivity index (χ1v) is 5.45. The van der Waals surface area contributed by atoms with Crippen molar-refractivity contribution in [1.29, 1.82) is 0 Å². The lowest BCUT2D eigenvalue weighted by molar-refractivity contribution is 0.683.